The Morgan fingerprint density at radius 1 is 1.08 bits per heavy atom. The fraction of sp³-hybridized carbons (Fsp3) is 0.370. The van der Waals surface area contributed by atoms with E-state index in [1.54, 1.807) is 17.9 Å². The molecule has 3 aromatic rings. The number of hydrogen-bond acceptors (Lipinski definition) is 4. The summed E-state index contributed by atoms with van der Waals surface area (Å²) in [4.78, 5) is 27.7. The van der Waals surface area contributed by atoms with Crippen molar-refractivity contribution in [2.45, 2.75) is 39.5 Å². The number of nitrogens with zero attached hydrogens (tertiary/aromatic N) is 3. The Bertz CT molecular complexity index is 1200. The number of rotatable bonds is 9. The number of halogens is 1. The summed E-state index contributed by atoms with van der Waals surface area (Å²) in [5.74, 6) is 0.111. The van der Waals surface area contributed by atoms with Gasteiger partial charge in [-0.15, -0.1) is 0 Å². The van der Waals surface area contributed by atoms with Gasteiger partial charge in [-0.2, -0.15) is 5.10 Å². The van der Waals surface area contributed by atoms with Crippen molar-refractivity contribution in [1.29, 1.82) is 0 Å². The Morgan fingerprint density at radius 2 is 1.78 bits per heavy atom. The number of para-hydroxylation sites is 2. The molecule has 36 heavy (non-hydrogen) atoms. The maximum Gasteiger partial charge on any atom is 0.322 e. The molecule has 1 heterocycles. The molecule has 3 rings (SSSR count). The Labute approximate surface area is 217 Å². The fourth-order valence-electron chi connectivity index (χ4n) is 3.60. The molecule has 0 radical (unpaired) electrons. The molecule has 1 aromatic heterocycles. The van der Waals surface area contributed by atoms with Crippen LogP contribution in [-0.4, -0.2) is 53.4 Å². The first-order chi connectivity index (χ1) is 17.1. The minimum atomic E-state index is -0.377. The van der Waals surface area contributed by atoms with Crippen molar-refractivity contribution < 1.29 is 14.3 Å². The highest BCUT2D eigenvalue weighted by Crippen LogP contribution is 2.29. The third kappa shape index (κ3) is 6.86. The van der Waals surface area contributed by atoms with Crippen molar-refractivity contribution in [2.24, 2.45) is 0 Å². The number of methoxy groups -OCH3 is 1. The Hall–Kier alpha value is -3.36. The van der Waals surface area contributed by atoms with Crippen molar-refractivity contribution in [3.63, 3.8) is 0 Å². The first kappa shape index (κ1) is 27.2. The van der Waals surface area contributed by atoms with Crippen molar-refractivity contribution in [2.75, 3.05) is 37.4 Å². The second kappa shape index (κ2) is 12.1. The number of amides is 3. The topological polar surface area (TPSA) is 88.5 Å². The van der Waals surface area contributed by atoms with Crippen LogP contribution >= 0.6 is 11.6 Å². The molecule has 0 aliphatic rings. The van der Waals surface area contributed by atoms with E-state index in [4.69, 9.17) is 21.4 Å². The monoisotopic (exact) mass is 511 g/mol. The lowest BCUT2D eigenvalue weighted by atomic mass is 9.92. The Kier molecular flexibility index (Phi) is 9.12. The number of carbonyl (C=O) groups is 2. The number of carbonyl (C=O) groups excluding carboxylic acids is 2. The van der Waals surface area contributed by atoms with Crippen LogP contribution < -0.4 is 10.6 Å². The SMILES string of the molecule is CCc1ccccc1NC(=O)N(CCOC)CC(=O)Nc1cc(C(C)(C)C)nn1-c1ccccc1Cl. The van der Waals surface area contributed by atoms with Crippen molar-refractivity contribution in [3.05, 3.63) is 70.9 Å². The van der Waals surface area contributed by atoms with Crippen LogP contribution in [0.4, 0.5) is 16.3 Å². The van der Waals surface area contributed by atoms with E-state index < -0.39 is 0 Å². The summed E-state index contributed by atoms with van der Waals surface area (Å²) in [6.07, 6.45) is 0.775. The summed E-state index contributed by atoms with van der Waals surface area (Å²) in [5, 5.41) is 11.1. The Balaban J connectivity index is 1.83. The number of nitrogens with one attached hydrogen (secondary N) is 2. The van der Waals surface area contributed by atoms with Gasteiger partial charge in [0.2, 0.25) is 5.91 Å². The smallest absolute Gasteiger partial charge is 0.322 e. The van der Waals surface area contributed by atoms with Gasteiger partial charge >= 0.3 is 6.03 Å². The highest BCUT2D eigenvalue weighted by molar-refractivity contribution is 6.32. The minimum Gasteiger partial charge on any atom is -0.383 e. The van der Waals surface area contributed by atoms with Gasteiger partial charge < -0.3 is 20.3 Å². The van der Waals surface area contributed by atoms with Crippen molar-refractivity contribution in [1.82, 2.24) is 14.7 Å². The van der Waals surface area contributed by atoms with Crippen molar-refractivity contribution >= 4 is 35.0 Å². The molecule has 9 heteroatoms. The molecule has 192 valence electrons. The molecule has 0 aliphatic heterocycles. The van der Waals surface area contributed by atoms with Gasteiger partial charge in [0.1, 0.15) is 12.4 Å². The highest BCUT2D eigenvalue weighted by Gasteiger charge is 2.24. The average Bonchev–Trinajstić information content (AvgIpc) is 3.26. The van der Waals surface area contributed by atoms with Crippen molar-refractivity contribution in [3.8, 4) is 5.69 Å². The number of urea groups is 1. The quantitative estimate of drug-likeness (QED) is 0.396. The standard InChI is InChI=1S/C27H34ClN5O3/c1-6-19-11-7-9-13-21(19)29-26(35)32(15-16-36-5)18-25(34)30-24-17-23(27(2,3)4)31-33(24)22-14-10-8-12-20(22)28/h7-14,17H,6,15-16,18H2,1-5H3,(H,29,35)(H,30,34). The van der Waals surface area contributed by atoms with Gasteiger partial charge in [0, 0.05) is 30.8 Å². The first-order valence-electron chi connectivity index (χ1n) is 11.9. The third-order valence-electron chi connectivity index (χ3n) is 5.65. The molecule has 0 aliphatic carbocycles. The van der Waals surface area contributed by atoms with E-state index in [0.29, 0.717) is 23.1 Å². The summed E-state index contributed by atoms with van der Waals surface area (Å²) in [6.45, 7) is 8.54. The lowest BCUT2D eigenvalue weighted by Gasteiger charge is -2.23. The van der Waals surface area contributed by atoms with Gasteiger partial charge in [0.05, 0.1) is 23.0 Å². The summed E-state index contributed by atoms with van der Waals surface area (Å²) >= 11 is 6.43. The molecule has 0 fully saturated rings. The van der Waals surface area contributed by atoms with E-state index in [0.717, 1.165) is 23.4 Å². The van der Waals surface area contributed by atoms with Crippen LogP contribution in [0.25, 0.3) is 5.69 Å². The van der Waals surface area contributed by atoms with Crippen LogP contribution in [-0.2, 0) is 21.4 Å². The maximum absolute atomic E-state index is 13.1. The number of anilines is 2. The molecule has 0 spiro atoms. The predicted octanol–water partition coefficient (Wildman–Crippen LogP) is 5.50. The van der Waals surface area contributed by atoms with Gasteiger partial charge in [-0.3, -0.25) is 4.79 Å². The van der Waals surface area contributed by atoms with Gasteiger partial charge in [-0.25, -0.2) is 9.48 Å². The van der Waals surface area contributed by atoms with Gasteiger partial charge in [0.15, 0.2) is 0 Å². The average molecular weight is 512 g/mol. The molecule has 0 atom stereocenters. The van der Waals surface area contributed by atoms with Crippen LogP contribution in [0.1, 0.15) is 39.0 Å². The van der Waals surface area contributed by atoms with E-state index in [-0.39, 0.29) is 30.4 Å². The number of benzene rings is 2. The molecule has 8 nitrogen and oxygen atoms in total. The summed E-state index contributed by atoms with van der Waals surface area (Å²) in [6, 6.07) is 16.4. The zero-order valence-electron chi connectivity index (χ0n) is 21.5. The predicted molar refractivity (Wildman–Crippen MR) is 144 cm³/mol. The molecule has 3 amide bonds. The normalized spacial score (nSPS) is 11.3. The number of ether oxygens (including phenoxy) is 1. The molecule has 0 saturated carbocycles. The lowest BCUT2D eigenvalue weighted by Crippen LogP contribution is -2.42. The molecule has 2 aromatic carbocycles. The third-order valence-corrected chi connectivity index (χ3v) is 5.97. The second-order valence-corrected chi connectivity index (χ2v) is 9.84. The minimum absolute atomic E-state index is 0.165. The Morgan fingerprint density at radius 3 is 2.44 bits per heavy atom. The van der Waals surface area contributed by atoms with Crippen LogP contribution in [0, 0.1) is 0 Å². The zero-order chi connectivity index (χ0) is 26.3. The molecule has 0 bridgehead atoms. The summed E-state index contributed by atoms with van der Waals surface area (Å²) in [5.41, 5.74) is 2.93. The van der Waals surface area contributed by atoms with E-state index in [9.17, 15) is 9.59 Å². The van der Waals surface area contributed by atoms with Crippen LogP contribution in [0.2, 0.25) is 5.02 Å². The molecule has 0 saturated heterocycles. The van der Waals surface area contributed by atoms with E-state index in [2.05, 4.69) is 10.6 Å². The molecular formula is C27H34ClN5O3. The second-order valence-electron chi connectivity index (χ2n) is 9.43. The van der Waals surface area contributed by atoms with E-state index >= 15 is 0 Å². The number of aromatic nitrogens is 2. The number of hydrogen-bond donors (Lipinski definition) is 2. The van der Waals surface area contributed by atoms with E-state index in [1.807, 2.05) is 76.2 Å². The van der Waals surface area contributed by atoms with Gasteiger partial charge in [0.25, 0.3) is 0 Å². The number of aryl methyl sites for hydroxylation is 1. The molecular weight excluding hydrogens is 478 g/mol. The van der Waals surface area contributed by atoms with Crippen LogP contribution in [0.15, 0.2) is 54.6 Å². The fourth-order valence-corrected chi connectivity index (χ4v) is 3.81. The first-order valence-corrected chi connectivity index (χ1v) is 12.3. The lowest BCUT2D eigenvalue weighted by molar-refractivity contribution is -0.116. The maximum atomic E-state index is 13.1. The largest absolute Gasteiger partial charge is 0.383 e. The van der Waals surface area contributed by atoms with Crippen LogP contribution in [0.5, 0.6) is 0 Å². The van der Waals surface area contributed by atoms with Gasteiger partial charge in [-0.05, 0) is 30.2 Å². The van der Waals surface area contributed by atoms with Gasteiger partial charge in [-0.1, -0.05) is 69.6 Å². The highest BCUT2D eigenvalue weighted by atomic mass is 35.5. The summed E-state index contributed by atoms with van der Waals surface area (Å²) < 4.78 is 6.79. The zero-order valence-corrected chi connectivity index (χ0v) is 22.2. The summed E-state index contributed by atoms with van der Waals surface area (Å²) in [7, 11) is 1.55. The molecule has 2 N–H and O–H groups in total. The van der Waals surface area contributed by atoms with E-state index in [1.165, 1.54) is 4.90 Å². The molecule has 0 unspecified atom stereocenters. The van der Waals surface area contributed by atoms with Crippen LogP contribution in [0.3, 0.4) is 0 Å².